The van der Waals surface area contributed by atoms with Crippen LogP contribution in [-0.2, 0) is 9.59 Å². The molecule has 3 unspecified atom stereocenters. The van der Waals surface area contributed by atoms with Gasteiger partial charge in [0.2, 0.25) is 6.10 Å². The first kappa shape index (κ1) is 14.7. The molecule has 0 aliphatic carbocycles. The van der Waals surface area contributed by atoms with Crippen LogP contribution in [0.25, 0.3) is 0 Å². The number of hydrogen-bond donors (Lipinski definition) is 1. The highest BCUT2D eigenvalue weighted by Crippen LogP contribution is 2.36. The van der Waals surface area contributed by atoms with Crippen molar-refractivity contribution in [2.24, 2.45) is 5.41 Å². The Bertz CT molecular complexity index is 616. The van der Waals surface area contributed by atoms with Crippen LogP contribution in [0.15, 0.2) is 24.3 Å². The fourth-order valence-electron chi connectivity index (χ4n) is 2.89. The minimum absolute atomic E-state index is 0.204. The Morgan fingerprint density at radius 2 is 1.91 bits per heavy atom. The standard InChI is InChI=1S/C16H19NO5/c1-10-13(22-12-6-4-3-5-11(12)21-10)14(18)17-8-7-16(2,9-17)15(19)20/h3-6,10,13H,7-9H2,1-2H3,(H,19,20). The van der Waals surface area contributed by atoms with Crippen molar-refractivity contribution in [1.82, 2.24) is 4.90 Å². The number of fused-ring (bicyclic) bond motifs is 1. The van der Waals surface area contributed by atoms with E-state index in [0.29, 0.717) is 24.5 Å². The van der Waals surface area contributed by atoms with E-state index < -0.39 is 23.6 Å². The zero-order valence-corrected chi connectivity index (χ0v) is 12.6. The van der Waals surface area contributed by atoms with Crippen LogP contribution in [0, 0.1) is 5.41 Å². The Labute approximate surface area is 128 Å². The molecule has 6 nitrogen and oxygen atoms in total. The number of nitrogens with zero attached hydrogens (tertiary/aromatic N) is 1. The lowest BCUT2D eigenvalue weighted by Gasteiger charge is -2.33. The van der Waals surface area contributed by atoms with E-state index in [4.69, 9.17) is 9.47 Å². The molecular weight excluding hydrogens is 286 g/mol. The number of ether oxygens (including phenoxy) is 2. The van der Waals surface area contributed by atoms with E-state index in [0.717, 1.165) is 0 Å². The zero-order valence-electron chi connectivity index (χ0n) is 12.6. The number of para-hydroxylation sites is 2. The Morgan fingerprint density at radius 1 is 1.27 bits per heavy atom. The van der Waals surface area contributed by atoms with Crippen molar-refractivity contribution in [3.8, 4) is 11.5 Å². The van der Waals surface area contributed by atoms with Crippen LogP contribution >= 0.6 is 0 Å². The third kappa shape index (κ3) is 2.38. The summed E-state index contributed by atoms with van der Waals surface area (Å²) < 4.78 is 11.5. The molecule has 0 aromatic heterocycles. The van der Waals surface area contributed by atoms with E-state index in [2.05, 4.69) is 0 Å². The topological polar surface area (TPSA) is 76.1 Å². The number of benzene rings is 1. The number of likely N-dealkylation sites (tertiary alicyclic amines) is 1. The molecule has 1 N–H and O–H groups in total. The van der Waals surface area contributed by atoms with Crippen LogP contribution in [0.2, 0.25) is 0 Å². The molecule has 118 valence electrons. The first-order chi connectivity index (χ1) is 10.4. The van der Waals surface area contributed by atoms with E-state index in [1.807, 2.05) is 12.1 Å². The van der Waals surface area contributed by atoms with Gasteiger partial charge in [0.25, 0.3) is 5.91 Å². The largest absolute Gasteiger partial charge is 0.482 e. The predicted molar refractivity (Wildman–Crippen MR) is 77.9 cm³/mol. The van der Waals surface area contributed by atoms with Gasteiger partial charge in [-0.05, 0) is 32.4 Å². The molecule has 0 bridgehead atoms. The minimum atomic E-state index is -0.883. The number of amides is 1. The van der Waals surface area contributed by atoms with Crippen molar-refractivity contribution in [3.63, 3.8) is 0 Å². The van der Waals surface area contributed by atoms with Gasteiger partial charge in [0, 0.05) is 13.1 Å². The number of carbonyl (C=O) groups is 2. The van der Waals surface area contributed by atoms with Gasteiger partial charge in [-0.3, -0.25) is 9.59 Å². The van der Waals surface area contributed by atoms with E-state index in [-0.39, 0.29) is 12.5 Å². The molecule has 2 aliphatic rings. The lowest BCUT2D eigenvalue weighted by atomic mass is 9.90. The van der Waals surface area contributed by atoms with Crippen molar-refractivity contribution < 1.29 is 24.2 Å². The maximum absolute atomic E-state index is 12.7. The number of rotatable bonds is 2. The molecule has 3 atom stereocenters. The summed E-state index contributed by atoms with van der Waals surface area (Å²) in [4.78, 5) is 25.5. The van der Waals surface area contributed by atoms with E-state index in [9.17, 15) is 14.7 Å². The van der Waals surface area contributed by atoms with Crippen LogP contribution in [0.5, 0.6) is 11.5 Å². The van der Waals surface area contributed by atoms with E-state index in [1.165, 1.54) is 0 Å². The van der Waals surface area contributed by atoms with Gasteiger partial charge >= 0.3 is 5.97 Å². The van der Waals surface area contributed by atoms with Crippen LogP contribution < -0.4 is 9.47 Å². The van der Waals surface area contributed by atoms with Gasteiger partial charge in [-0.2, -0.15) is 0 Å². The highest BCUT2D eigenvalue weighted by atomic mass is 16.6. The lowest BCUT2D eigenvalue weighted by Crippen LogP contribution is -2.50. The molecule has 1 amide bonds. The summed E-state index contributed by atoms with van der Waals surface area (Å²) in [5, 5.41) is 9.27. The van der Waals surface area contributed by atoms with Gasteiger partial charge < -0.3 is 19.5 Å². The van der Waals surface area contributed by atoms with Gasteiger partial charge in [-0.1, -0.05) is 12.1 Å². The van der Waals surface area contributed by atoms with Gasteiger partial charge in [0.15, 0.2) is 11.5 Å². The molecule has 0 radical (unpaired) electrons. The highest BCUT2D eigenvalue weighted by Gasteiger charge is 2.45. The van der Waals surface area contributed by atoms with Crippen molar-refractivity contribution in [2.75, 3.05) is 13.1 Å². The van der Waals surface area contributed by atoms with Gasteiger partial charge in [0.05, 0.1) is 5.41 Å². The monoisotopic (exact) mass is 305 g/mol. The summed E-state index contributed by atoms with van der Waals surface area (Å²) in [5.74, 6) is 0.0731. The van der Waals surface area contributed by atoms with Crippen molar-refractivity contribution >= 4 is 11.9 Å². The maximum atomic E-state index is 12.7. The first-order valence-corrected chi connectivity index (χ1v) is 7.35. The predicted octanol–water partition coefficient (Wildman–Crippen LogP) is 1.54. The zero-order chi connectivity index (χ0) is 15.9. The molecule has 0 spiro atoms. The Kier molecular flexibility index (Phi) is 3.47. The van der Waals surface area contributed by atoms with Crippen molar-refractivity contribution in [3.05, 3.63) is 24.3 Å². The Hall–Kier alpha value is -2.24. The van der Waals surface area contributed by atoms with Crippen LogP contribution in [0.1, 0.15) is 20.3 Å². The molecule has 22 heavy (non-hydrogen) atoms. The van der Waals surface area contributed by atoms with E-state index in [1.54, 1.807) is 30.9 Å². The summed E-state index contributed by atoms with van der Waals surface area (Å²) >= 11 is 0. The second-order valence-electron chi connectivity index (χ2n) is 6.18. The Morgan fingerprint density at radius 3 is 2.50 bits per heavy atom. The quantitative estimate of drug-likeness (QED) is 0.897. The minimum Gasteiger partial charge on any atom is -0.482 e. The number of carbonyl (C=O) groups excluding carboxylic acids is 1. The molecule has 2 aliphatic heterocycles. The molecule has 1 fully saturated rings. The number of carboxylic acids is 1. The van der Waals surface area contributed by atoms with E-state index >= 15 is 0 Å². The van der Waals surface area contributed by atoms with Crippen LogP contribution in [0.3, 0.4) is 0 Å². The summed E-state index contributed by atoms with van der Waals surface area (Å²) in [6, 6.07) is 7.21. The summed E-state index contributed by atoms with van der Waals surface area (Å²) in [7, 11) is 0. The molecule has 3 rings (SSSR count). The van der Waals surface area contributed by atoms with Crippen molar-refractivity contribution in [1.29, 1.82) is 0 Å². The molecular formula is C16H19NO5. The molecule has 0 saturated carbocycles. The smallest absolute Gasteiger partial charge is 0.311 e. The third-order valence-electron chi connectivity index (χ3n) is 4.39. The Balaban J connectivity index is 1.75. The van der Waals surface area contributed by atoms with Crippen LogP contribution in [0.4, 0.5) is 0 Å². The molecule has 1 saturated heterocycles. The van der Waals surface area contributed by atoms with Gasteiger partial charge in [-0.15, -0.1) is 0 Å². The second kappa shape index (κ2) is 5.19. The van der Waals surface area contributed by atoms with Crippen LogP contribution in [-0.4, -0.2) is 47.2 Å². The highest BCUT2D eigenvalue weighted by molar-refractivity contribution is 5.84. The number of hydrogen-bond acceptors (Lipinski definition) is 4. The fourth-order valence-corrected chi connectivity index (χ4v) is 2.89. The summed E-state index contributed by atoms with van der Waals surface area (Å²) in [6.45, 7) is 4.08. The summed E-state index contributed by atoms with van der Waals surface area (Å²) in [5.41, 5.74) is -0.883. The molecule has 1 aromatic carbocycles. The maximum Gasteiger partial charge on any atom is 0.311 e. The SMILES string of the molecule is CC1Oc2ccccc2OC1C(=O)N1CCC(C)(C(=O)O)C1. The van der Waals surface area contributed by atoms with Gasteiger partial charge in [0.1, 0.15) is 6.10 Å². The average molecular weight is 305 g/mol. The molecule has 2 heterocycles. The normalized spacial score (nSPS) is 30.2. The molecule has 6 heteroatoms. The second-order valence-corrected chi connectivity index (χ2v) is 6.18. The average Bonchev–Trinajstić information content (AvgIpc) is 2.90. The summed E-state index contributed by atoms with van der Waals surface area (Å²) in [6.07, 6.45) is -0.711. The lowest BCUT2D eigenvalue weighted by molar-refractivity contribution is -0.148. The first-order valence-electron chi connectivity index (χ1n) is 7.35. The third-order valence-corrected chi connectivity index (χ3v) is 4.39. The van der Waals surface area contributed by atoms with Crippen molar-refractivity contribution in [2.45, 2.75) is 32.5 Å². The molecule has 1 aromatic rings. The number of carboxylic acid groups (broad SMARTS) is 1. The number of aliphatic carboxylic acids is 1. The van der Waals surface area contributed by atoms with Gasteiger partial charge in [-0.25, -0.2) is 0 Å². The fraction of sp³-hybridized carbons (Fsp3) is 0.500.